The molecule has 16 heteroatoms. The molecule has 0 aliphatic heterocycles. The Balaban J connectivity index is 1.27. The predicted molar refractivity (Wildman–Crippen MR) is 185 cm³/mol. The monoisotopic (exact) mass is 694 g/mol. The summed E-state index contributed by atoms with van der Waals surface area (Å²) in [5.74, 6) is 0.886. The summed E-state index contributed by atoms with van der Waals surface area (Å²) in [7, 11) is 2.51. The second kappa shape index (κ2) is 15.8. The van der Waals surface area contributed by atoms with Crippen molar-refractivity contribution in [2.24, 2.45) is 0 Å². The average Bonchev–Trinajstić information content (AvgIpc) is 3.90. The molecule has 0 aliphatic carbocycles. The van der Waals surface area contributed by atoms with Gasteiger partial charge in [0.2, 0.25) is 11.8 Å². The summed E-state index contributed by atoms with van der Waals surface area (Å²) >= 11 is 3.32. The van der Waals surface area contributed by atoms with Gasteiger partial charge in [-0.1, -0.05) is 13.8 Å². The molecule has 4 heterocycles. The molecule has 4 amide bonds. The van der Waals surface area contributed by atoms with E-state index in [0.717, 1.165) is 54.2 Å². The Kier molecular flexibility index (Phi) is 11.3. The van der Waals surface area contributed by atoms with Crippen LogP contribution in [0.3, 0.4) is 0 Å². The molecule has 48 heavy (non-hydrogen) atoms. The Morgan fingerprint density at radius 3 is 1.50 bits per heavy atom. The minimum Gasteiger partial charge on any atom is -0.453 e. The lowest BCUT2D eigenvalue weighted by Gasteiger charge is -2.21. The standard InChI is InChI=1S/C32H38N8O6S2/c1-5-7-39(29(41)15-35-31(43)45-3)17-27-33-13-21(37-27)25-11-19-9-24-20(10-23(19)47-25)12-26(48-24)22-14-34-28(38-22)18-40(8-6-2)30(42)16-36-32(44)46-4/h9-14H,5-8,15-18H2,1-4H3,(H,33,37)(H,34,38)(H,35,43)(H,36,44). The SMILES string of the molecule is CCCN(Cc1ncc(-c2cc3cc4sc(-c5cnc(CN(CCC)C(=O)CNC(=O)OC)[nH]5)cc4cc3s2)[nH]1)C(=O)CNC(=O)OC. The molecule has 1 aromatic carbocycles. The third-order valence-electron chi connectivity index (χ3n) is 7.46. The van der Waals surface area contributed by atoms with Gasteiger partial charge in [-0.25, -0.2) is 19.6 Å². The number of imidazole rings is 2. The van der Waals surface area contributed by atoms with Crippen molar-refractivity contribution in [2.45, 2.75) is 39.8 Å². The lowest BCUT2D eigenvalue weighted by molar-refractivity contribution is -0.131. The van der Waals surface area contributed by atoms with Gasteiger partial charge in [-0.2, -0.15) is 0 Å². The Morgan fingerprint density at radius 1 is 0.708 bits per heavy atom. The fraction of sp³-hybridized carbons (Fsp3) is 0.375. The molecule has 0 fully saturated rings. The van der Waals surface area contributed by atoms with E-state index >= 15 is 0 Å². The van der Waals surface area contributed by atoms with Crippen molar-refractivity contribution in [3.05, 3.63) is 48.3 Å². The first-order valence-corrected chi connectivity index (χ1v) is 17.1. The minimum atomic E-state index is -0.649. The van der Waals surface area contributed by atoms with Gasteiger partial charge in [-0.3, -0.25) is 9.59 Å². The summed E-state index contributed by atoms with van der Waals surface area (Å²) in [6.45, 7) is 5.35. The van der Waals surface area contributed by atoms with E-state index < -0.39 is 12.2 Å². The summed E-state index contributed by atoms with van der Waals surface area (Å²) in [5.41, 5.74) is 1.74. The number of rotatable bonds is 14. The molecule has 4 N–H and O–H groups in total. The quantitative estimate of drug-likeness (QED) is 0.124. The number of amides is 4. The van der Waals surface area contributed by atoms with Crippen LogP contribution in [0.5, 0.6) is 0 Å². The van der Waals surface area contributed by atoms with Gasteiger partial charge in [0.1, 0.15) is 24.7 Å². The topological polar surface area (TPSA) is 175 Å². The fourth-order valence-corrected chi connectivity index (χ4v) is 7.24. The number of hydrogen-bond donors (Lipinski definition) is 4. The van der Waals surface area contributed by atoms with Crippen LogP contribution in [-0.4, -0.2) is 94.1 Å². The fourth-order valence-electron chi connectivity index (χ4n) is 5.12. The Morgan fingerprint density at radius 2 is 1.12 bits per heavy atom. The number of nitrogens with zero attached hydrogens (tertiary/aromatic N) is 4. The van der Waals surface area contributed by atoms with Gasteiger partial charge in [0.25, 0.3) is 0 Å². The molecule has 14 nitrogen and oxygen atoms in total. The smallest absolute Gasteiger partial charge is 0.407 e. The maximum Gasteiger partial charge on any atom is 0.407 e. The first-order valence-electron chi connectivity index (χ1n) is 15.5. The number of alkyl carbamates (subject to hydrolysis) is 2. The van der Waals surface area contributed by atoms with Crippen LogP contribution >= 0.6 is 22.7 Å². The zero-order valence-corrected chi connectivity index (χ0v) is 28.8. The summed E-state index contributed by atoms with van der Waals surface area (Å²) in [6, 6.07) is 8.63. The van der Waals surface area contributed by atoms with E-state index in [4.69, 9.17) is 0 Å². The van der Waals surface area contributed by atoms with Crippen LogP contribution in [0.2, 0.25) is 0 Å². The molecule has 254 valence electrons. The number of ether oxygens (including phenoxy) is 2. The van der Waals surface area contributed by atoms with Gasteiger partial charge < -0.3 is 39.9 Å². The third-order valence-corrected chi connectivity index (χ3v) is 9.72. The summed E-state index contributed by atoms with van der Waals surface area (Å²) in [5, 5.41) is 7.11. The number of aromatic nitrogens is 4. The molecule has 0 bridgehead atoms. The normalized spacial score (nSPS) is 11.1. The molecule has 0 aliphatic rings. The van der Waals surface area contributed by atoms with Crippen LogP contribution in [-0.2, 0) is 32.2 Å². The van der Waals surface area contributed by atoms with E-state index in [-0.39, 0.29) is 24.9 Å². The van der Waals surface area contributed by atoms with Crippen molar-refractivity contribution in [3.8, 4) is 21.1 Å². The van der Waals surface area contributed by atoms with E-state index in [2.05, 4.69) is 64.3 Å². The Bertz CT molecular complexity index is 1730. The number of aromatic amines is 2. The highest BCUT2D eigenvalue weighted by atomic mass is 32.1. The minimum absolute atomic E-state index is 0.146. The Labute approximate surface area is 284 Å². The van der Waals surface area contributed by atoms with E-state index in [1.165, 1.54) is 14.2 Å². The highest BCUT2D eigenvalue weighted by Crippen LogP contribution is 2.39. The van der Waals surface area contributed by atoms with Gasteiger partial charge >= 0.3 is 12.2 Å². The van der Waals surface area contributed by atoms with Crippen molar-refractivity contribution in [2.75, 3.05) is 40.4 Å². The molecule has 0 atom stereocenters. The summed E-state index contributed by atoms with van der Waals surface area (Å²) in [6.07, 6.45) is 3.80. The van der Waals surface area contributed by atoms with Crippen molar-refractivity contribution in [3.63, 3.8) is 0 Å². The maximum absolute atomic E-state index is 12.7. The van der Waals surface area contributed by atoms with Crippen LogP contribution in [0.15, 0.2) is 36.7 Å². The van der Waals surface area contributed by atoms with E-state index in [0.29, 0.717) is 37.8 Å². The van der Waals surface area contributed by atoms with E-state index in [9.17, 15) is 19.2 Å². The number of methoxy groups -OCH3 is 2. The van der Waals surface area contributed by atoms with Crippen LogP contribution in [0.4, 0.5) is 9.59 Å². The van der Waals surface area contributed by atoms with Gasteiger partial charge in [-0.05, 0) is 47.9 Å². The van der Waals surface area contributed by atoms with Crippen molar-refractivity contribution < 1.29 is 28.7 Å². The summed E-state index contributed by atoms with van der Waals surface area (Å²) < 4.78 is 11.4. The number of nitrogens with one attached hydrogen (secondary N) is 4. The number of thiophene rings is 2. The number of benzene rings is 1. The number of H-pyrrole nitrogens is 2. The molecule has 5 rings (SSSR count). The maximum atomic E-state index is 12.7. The molecular weight excluding hydrogens is 657 g/mol. The molecular formula is C32H38N8O6S2. The van der Waals surface area contributed by atoms with Crippen LogP contribution in [0, 0.1) is 0 Å². The predicted octanol–water partition coefficient (Wildman–Crippen LogP) is 5.09. The zero-order valence-electron chi connectivity index (χ0n) is 27.2. The number of hydrogen-bond acceptors (Lipinski definition) is 10. The van der Waals surface area contributed by atoms with Crippen molar-refractivity contribution >= 4 is 66.8 Å². The molecule has 0 spiro atoms. The second-order valence-electron chi connectivity index (χ2n) is 11.0. The third kappa shape index (κ3) is 8.30. The average molecular weight is 695 g/mol. The van der Waals surface area contributed by atoms with Gasteiger partial charge in [0, 0.05) is 22.5 Å². The largest absolute Gasteiger partial charge is 0.453 e. The van der Waals surface area contributed by atoms with Crippen molar-refractivity contribution in [1.82, 2.24) is 40.4 Å². The van der Waals surface area contributed by atoms with E-state index in [1.807, 2.05) is 13.8 Å². The van der Waals surface area contributed by atoms with Crippen molar-refractivity contribution in [1.29, 1.82) is 0 Å². The molecule has 0 saturated carbocycles. The van der Waals surface area contributed by atoms with Gasteiger partial charge in [-0.15, -0.1) is 22.7 Å². The highest BCUT2D eigenvalue weighted by Gasteiger charge is 2.19. The molecule has 4 aromatic heterocycles. The number of fused-ring (bicyclic) bond motifs is 2. The number of carbonyl (C=O) groups is 4. The lowest BCUT2D eigenvalue weighted by atomic mass is 10.2. The number of carbonyl (C=O) groups excluding carboxylic acids is 4. The molecule has 5 aromatic rings. The van der Waals surface area contributed by atoms with Gasteiger partial charge in [0.05, 0.1) is 60.8 Å². The molecule has 0 radical (unpaired) electrons. The first kappa shape index (κ1) is 34.4. The van der Waals surface area contributed by atoms with Gasteiger partial charge in [0.15, 0.2) is 0 Å². The van der Waals surface area contributed by atoms with Crippen LogP contribution in [0.25, 0.3) is 41.3 Å². The Hall–Kier alpha value is -4.96. The molecule has 0 unspecified atom stereocenters. The second-order valence-corrected chi connectivity index (χ2v) is 13.1. The first-order chi connectivity index (χ1) is 23.2. The van der Waals surface area contributed by atoms with E-state index in [1.54, 1.807) is 44.9 Å². The lowest BCUT2D eigenvalue weighted by Crippen LogP contribution is -2.40. The zero-order chi connectivity index (χ0) is 34.2. The van der Waals surface area contributed by atoms with Crippen LogP contribution < -0.4 is 10.6 Å². The van der Waals surface area contributed by atoms with Crippen LogP contribution in [0.1, 0.15) is 38.3 Å². The summed E-state index contributed by atoms with van der Waals surface area (Å²) in [4.78, 5) is 69.3. The molecule has 0 saturated heterocycles. The highest BCUT2D eigenvalue weighted by molar-refractivity contribution is 7.23.